The summed E-state index contributed by atoms with van der Waals surface area (Å²) in [6, 6.07) is 0. The van der Waals surface area contributed by atoms with Gasteiger partial charge in [0.15, 0.2) is 0 Å². The molecule has 0 aromatic heterocycles. The number of halogens is 1. The summed E-state index contributed by atoms with van der Waals surface area (Å²) < 4.78 is 0. The molecule has 0 radical (unpaired) electrons. The summed E-state index contributed by atoms with van der Waals surface area (Å²) in [6.07, 6.45) is 4.63. The molecule has 0 amide bonds. The van der Waals surface area contributed by atoms with Crippen LogP contribution in [0.1, 0.15) is 39.0 Å². The first-order valence-electron chi connectivity index (χ1n) is 4.44. The van der Waals surface area contributed by atoms with Gasteiger partial charge in [0.25, 0.3) is 0 Å². The van der Waals surface area contributed by atoms with Crippen LogP contribution in [-0.4, -0.2) is 15.9 Å². The van der Waals surface area contributed by atoms with Crippen LogP contribution >= 0.6 is 15.9 Å². The minimum atomic E-state index is -0.595. The van der Waals surface area contributed by atoms with E-state index in [1.807, 2.05) is 0 Å². The van der Waals surface area contributed by atoms with E-state index in [9.17, 15) is 4.79 Å². The molecule has 0 saturated heterocycles. The van der Waals surface area contributed by atoms with Gasteiger partial charge in [-0.05, 0) is 25.7 Å². The van der Waals surface area contributed by atoms with Crippen LogP contribution in [0.15, 0.2) is 0 Å². The zero-order valence-electron chi connectivity index (χ0n) is 7.35. The Morgan fingerprint density at radius 3 is 2.50 bits per heavy atom. The molecule has 1 saturated carbocycles. The third kappa shape index (κ3) is 2.00. The predicted octanol–water partition coefficient (Wildman–Crippen LogP) is 2.80. The average Bonchev–Trinajstić information content (AvgIpc) is 1.83. The lowest BCUT2D eigenvalue weighted by Gasteiger charge is -2.38. The SMILES string of the molecule is CC(Br)CCC1(C(=O)O)CCC1. The second-order valence-electron chi connectivity index (χ2n) is 3.76. The Balaban J connectivity index is 2.40. The summed E-state index contributed by atoms with van der Waals surface area (Å²) in [6.45, 7) is 2.06. The fourth-order valence-electron chi connectivity index (χ4n) is 1.65. The molecule has 2 nitrogen and oxygen atoms in total. The first-order chi connectivity index (χ1) is 5.57. The van der Waals surface area contributed by atoms with Crippen LogP contribution in [0.2, 0.25) is 0 Å². The van der Waals surface area contributed by atoms with Crippen molar-refractivity contribution in [2.24, 2.45) is 5.41 Å². The number of aliphatic carboxylic acids is 1. The van der Waals surface area contributed by atoms with E-state index in [2.05, 4.69) is 22.9 Å². The van der Waals surface area contributed by atoms with Crippen LogP contribution in [0.4, 0.5) is 0 Å². The summed E-state index contributed by atoms with van der Waals surface area (Å²) in [5.74, 6) is -0.595. The standard InChI is InChI=1S/C9H15BrO2/c1-7(10)3-6-9(8(11)12)4-2-5-9/h7H,2-6H2,1H3,(H,11,12). The van der Waals surface area contributed by atoms with Gasteiger partial charge in [0, 0.05) is 4.83 Å². The third-order valence-electron chi connectivity index (χ3n) is 2.79. The Morgan fingerprint density at radius 2 is 2.25 bits per heavy atom. The number of carboxylic acid groups (broad SMARTS) is 1. The largest absolute Gasteiger partial charge is 0.481 e. The van der Waals surface area contributed by atoms with Gasteiger partial charge in [-0.15, -0.1) is 0 Å². The summed E-state index contributed by atoms with van der Waals surface area (Å²) in [5, 5.41) is 8.98. The molecular formula is C9H15BrO2. The van der Waals surface area contributed by atoms with E-state index in [1.54, 1.807) is 0 Å². The van der Waals surface area contributed by atoms with Gasteiger partial charge < -0.3 is 5.11 Å². The smallest absolute Gasteiger partial charge is 0.309 e. The molecule has 1 fully saturated rings. The van der Waals surface area contributed by atoms with Gasteiger partial charge in [-0.3, -0.25) is 4.79 Å². The van der Waals surface area contributed by atoms with Crippen molar-refractivity contribution in [3.05, 3.63) is 0 Å². The lowest BCUT2D eigenvalue weighted by Crippen LogP contribution is -2.38. The zero-order chi connectivity index (χ0) is 9.19. The van der Waals surface area contributed by atoms with Gasteiger partial charge in [0.05, 0.1) is 5.41 Å². The Hall–Kier alpha value is -0.0500. The minimum absolute atomic E-state index is 0.359. The molecule has 0 bridgehead atoms. The van der Waals surface area contributed by atoms with Crippen LogP contribution in [-0.2, 0) is 4.79 Å². The highest BCUT2D eigenvalue weighted by Crippen LogP contribution is 2.45. The Bertz CT molecular complexity index is 173. The molecule has 1 N–H and O–H groups in total. The van der Waals surface area contributed by atoms with E-state index < -0.39 is 5.97 Å². The molecule has 0 aromatic carbocycles. The molecule has 1 atom stereocenters. The first-order valence-corrected chi connectivity index (χ1v) is 5.36. The Labute approximate surface area is 81.5 Å². The molecule has 0 spiro atoms. The highest BCUT2D eigenvalue weighted by atomic mass is 79.9. The summed E-state index contributed by atoms with van der Waals surface area (Å²) in [7, 11) is 0. The Morgan fingerprint density at radius 1 is 1.67 bits per heavy atom. The molecular weight excluding hydrogens is 220 g/mol. The van der Waals surface area contributed by atoms with Crippen LogP contribution < -0.4 is 0 Å². The van der Waals surface area contributed by atoms with Gasteiger partial charge in [-0.2, -0.15) is 0 Å². The van der Waals surface area contributed by atoms with Crippen molar-refractivity contribution >= 4 is 21.9 Å². The van der Waals surface area contributed by atoms with Crippen LogP contribution in [0.25, 0.3) is 0 Å². The maximum absolute atomic E-state index is 10.9. The van der Waals surface area contributed by atoms with Crippen molar-refractivity contribution in [1.29, 1.82) is 0 Å². The molecule has 0 heterocycles. The maximum Gasteiger partial charge on any atom is 0.309 e. The van der Waals surface area contributed by atoms with Crippen molar-refractivity contribution in [3.8, 4) is 0 Å². The lowest BCUT2D eigenvalue weighted by atomic mass is 9.66. The first kappa shape index (κ1) is 10.0. The number of alkyl halides is 1. The molecule has 1 aliphatic carbocycles. The van der Waals surface area contributed by atoms with Gasteiger partial charge in [-0.1, -0.05) is 29.3 Å². The molecule has 1 rings (SSSR count). The molecule has 12 heavy (non-hydrogen) atoms. The number of hydrogen-bond acceptors (Lipinski definition) is 1. The molecule has 1 unspecified atom stereocenters. The van der Waals surface area contributed by atoms with Crippen molar-refractivity contribution in [3.63, 3.8) is 0 Å². The fraction of sp³-hybridized carbons (Fsp3) is 0.889. The van der Waals surface area contributed by atoms with Crippen LogP contribution in [0.5, 0.6) is 0 Å². The number of hydrogen-bond donors (Lipinski definition) is 1. The normalized spacial score (nSPS) is 22.8. The van der Waals surface area contributed by atoms with E-state index in [0.717, 1.165) is 32.1 Å². The van der Waals surface area contributed by atoms with E-state index in [0.29, 0.717) is 4.83 Å². The lowest BCUT2D eigenvalue weighted by molar-refractivity contribution is -0.155. The van der Waals surface area contributed by atoms with Crippen molar-refractivity contribution in [2.75, 3.05) is 0 Å². The van der Waals surface area contributed by atoms with Crippen molar-refractivity contribution < 1.29 is 9.90 Å². The molecule has 3 heteroatoms. The van der Waals surface area contributed by atoms with E-state index >= 15 is 0 Å². The summed E-state index contributed by atoms with van der Waals surface area (Å²) >= 11 is 3.44. The Kier molecular flexibility index (Phi) is 3.16. The molecule has 70 valence electrons. The molecule has 0 aromatic rings. The monoisotopic (exact) mass is 234 g/mol. The highest BCUT2D eigenvalue weighted by Gasteiger charge is 2.43. The molecule has 0 aliphatic heterocycles. The van der Waals surface area contributed by atoms with Gasteiger partial charge in [0.1, 0.15) is 0 Å². The third-order valence-corrected chi connectivity index (χ3v) is 3.24. The zero-order valence-corrected chi connectivity index (χ0v) is 8.93. The topological polar surface area (TPSA) is 37.3 Å². The highest BCUT2D eigenvalue weighted by molar-refractivity contribution is 9.09. The van der Waals surface area contributed by atoms with E-state index in [4.69, 9.17) is 5.11 Å². The minimum Gasteiger partial charge on any atom is -0.481 e. The average molecular weight is 235 g/mol. The van der Waals surface area contributed by atoms with Gasteiger partial charge in [-0.25, -0.2) is 0 Å². The van der Waals surface area contributed by atoms with Gasteiger partial charge >= 0.3 is 5.97 Å². The second kappa shape index (κ2) is 3.77. The summed E-state index contributed by atoms with van der Waals surface area (Å²) in [5.41, 5.74) is -0.359. The van der Waals surface area contributed by atoms with Crippen molar-refractivity contribution in [2.45, 2.75) is 43.9 Å². The number of carboxylic acids is 1. The van der Waals surface area contributed by atoms with Crippen LogP contribution in [0, 0.1) is 5.41 Å². The molecule has 1 aliphatic rings. The van der Waals surface area contributed by atoms with E-state index in [1.165, 1.54) is 0 Å². The van der Waals surface area contributed by atoms with E-state index in [-0.39, 0.29) is 5.41 Å². The van der Waals surface area contributed by atoms with Crippen LogP contribution in [0.3, 0.4) is 0 Å². The van der Waals surface area contributed by atoms with Crippen molar-refractivity contribution in [1.82, 2.24) is 0 Å². The summed E-state index contributed by atoms with van der Waals surface area (Å²) in [4.78, 5) is 11.3. The van der Waals surface area contributed by atoms with Gasteiger partial charge in [0.2, 0.25) is 0 Å². The quantitative estimate of drug-likeness (QED) is 0.760. The number of rotatable bonds is 4. The second-order valence-corrected chi connectivity index (χ2v) is 5.32. The predicted molar refractivity (Wildman–Crippen MR) is 51.5 cm³/mol. The maximum atomic E-state index is 10.9. The number of carbonyl (C=O) groups is 1. The fourth-order valence-corrected chi connectivity index (χ4v) is 1.88.